The molecular weight excluding hydrogens is 382 g/mol. The Balaban J connectivity index is 0.000000754. The average Bonchev–Trinajstić information content (AvgIpc) is 2.52. The molecule has 134 valence electrons. The molecule has 1 aromatic carbocycles. The predicted octanol–water partition coefficient (Wildman–Crippen LogP) is 2.08. The number of aryl methyl sites for hydroxylation is 1. The Kier molecular flexibility index (Phi) is 12.5. The van der Waals surface area contributed by atoms with E-state index in [1.807, 2.05) is 31.2 Å². The van der Waals surface area contributed by atoms with Crippen LogP contribution in [0.1, 0.15) is 5.56 Å². The first-order valence-electron chi connectivity index (χ1n) is 7.13. The summed E-state index contributed by atoms with van der Waals surface area (Å²) in [6, 6.07) is 6.03. The molecule has 0 aliphatic heterocycles. The van der Waals surface area contributed by atoms with Gasteiger partial charge < -0.3 is 25.0 Å². The normalized spacial score (nSPS) is 9.58. The third-order valence-electron chi connectivity index (χ3n) is 2.47. The van der Waals surface area contributed by atoms with Crippen molar-refractivity contribution >= 4 is 27.9 Å². The number of nitrogens with one attached hydrogen (secondary N) is 1. The zero-order valence-electron chi connectivity index (χ0n) is 13.5. The number of rotatable bonds is 9. The van der Waals surface area contributed by atoms with Crippen LogP contribution in [0.4, 0.5) is 0 Å². The van der Waals surface area contributed by atoms with Crippen LogP contribution in [-0.4, -0.2) is 55.1 Å². The molecule has 0 aromatic heterocycles. The van der Waals surface area contributed by atoms with E-state index in [0.717, 1.165) is 23.3 Å². The SMILES string of the molecule is C=CCNCCOCCOc1ccc(C)cc1Br.O=C(O)C(=O)O. The maximum atomic E-state index is 9.10. The highest BCUT2D eigenvalue weighted by Gasteiger charge is 2.04. The molecule has 1 rings (SSSR count). The molecule has 0 bridgehead atoms. The summed E-state index contributed by atoms with van der Waals surface area (Å²) in [7, 11) is 0. The molecule has 24 heavy (non-hydrogen) atoms. The highest BCUT2D eigenvalue weighted by molar-refractivity contribution is 9.10. The largest absolute Gasteiger partial charge is 0.490 e. The predicted molar refractivity (Wildman–Crippen MR) is 93.5 cm³/mol. The molecule has 8 heteroatoms. The molecule has 0 heterocycles. The molecule has 0 aliphatic carbocycles. The van der Waals surface area contributed by atoms with Crippen LogP contribution in [0.3, 0.4) is 0 Å². The summed E-state index contributed by atoms with van der Waals surface area (Å²) in [5.74, 6) is -2.79. The minimum absolute atomic E-state index is 0.559. The second-order valence-electron chi connectivity index (χ2n) is 4.50. The van der Waals surface area contributed by atoms with Crippen molar-refractivity contribution in [2.24, 2.45) is 0 Å². The molecule has 0 saturated heterocycles. The highest BCUT2D eigenvalue weighted by atomic mass is 79.9. The lowest BCUT2D eigenvalue weighted by Crippen LogP contribution is -2.20. The summed E-state index contributed by atoms with van der Waals surface area (Å²) in [5, 5.41) is 18.0. The van der Waals surface area contributed by atoms with Crippen LogP contribution in [0.2, 0.25) is 0 Å². The van der Waals surface area contributed by atoms with Crippen molar-refractivity contribution in [3.63, 3.8) is 0 Å². The van der Waals surface area contributed by atoms with Crippen molar-refractivity contribution in [3.05, 3.63) is 40.9 Å². The van der Waals surface area contributed by atoms with Gasteiger partial charge in [0.1, 0.15) is 12.4 Å². The molecule has 0 atom stereocenters. The number of carbonyl (C=O) groups is 2. The Morgan fingerprint density at radius 2 is 1.92 bits per heavy atom. The smallest absolute Gasteiger partial charge is 0.414 e. The summed E-state index contributed by atoms with van der Waals surface area (Å²) >= 11 is 3.47. The summed E-state index contributed by atoms with van der Waals surface area (Å²) in [6.45, 7) is 9.17. The first-order chi connectivity index (χ1) is 11.4. The second-order valence-corrected chi connectivity index (χ2v) is 5.35. The van der Waals surface area contributed by atoms with E-state index in [9.17, 15) is 0 Å². The molecular formula is C16H22BrNO6. The van der Waals surface area contributed by atoms with E-state index >= 15 is 0 Å². The molecule has 7 nitrogen and oxygen atoms in total. The van der Waals surface area contributed by atoms with E-state index in [1.54, 1.807) is 0 Å². The Morgan fingerprint density at radius 1 is 1.25 bits per heavy atom. The molecule has 0 unspecified atom stereocenters. The molecule has 0 saturated carbocycles. The van der Waals surface area contributed by atoms with Gasteiger partial charge in [-0.1, -0.05) is 12.1 Å². The first kappa shape index (κ1) is 22.1. The summed E-state index contributed by atoms with van der Waals surface area (Å²) in [4.78, 5) is 18.2. The number of ether oxygens (including phenoxy) is 2. The van der Waals surface area contributed by atoms with Crippen molar-refractivity contribution in [1.82, 2.24) is 5.32 Å². The van der Waals surface area contributed by atoms with Crippen LogP contribution in [0.15, 0.2) is 35.3 Å². The van der Waals surface area contributed by atoms with Gasteiger partial charge in [-0.25, -0.2) is 9.59 Å². The van der Waals surface area contributed by atoms with Gasteiger partial charge in [0.25, 0.3) is 0 Å². The number of aliphatic carboxylic acids is 2. The Hall–Kier alpha value is -1.90. The molecule has 0 aliphatic rings. The van der Waals surface area contributed by atoms with E-state index in [-0.39, 0.29) is 0 Å². The summed E-state index contributed by atoms with van der Waals surface area (Å²) in [6.07, 6.45) is 1.83. The monoisotopic (exact) mass is 403 g/mol. The topological polar surface area (TPSA) is 105 Å². The highest BCUT2D eigenvalue weighted by Crippen LogP contribution is 2.25. The zero-order chi connectivity index (χ0) is 18.4. The fraction of sp³-hybridized carbons (Fsp3) is 0.375. The average molecular weight is 404 g/mol. The number of benzene rings is 1. The van der Waals surface area contributed by atoms with Crippen LogP contribution in [0.5, 0.6) is 5.75 Å². The van der Waals surface area contributed by atoms with Gasteiger partial charge in [-0.15, -0.1) is 6.58 Å². The zero-order valence-corrected chi connectivity index (χ0v) is 15.0. The number of carboxylic acid groups (broad SMARTS) is 2. The summed E-state index contributed by atoms with van der Waals surface area (Å²) < 4.78 is 12.0. The Bertz CT molecular complexity index is 523. The van der Waals surface area contributed by atoms with Gasteiger partial charge in [0.2, 0.25) is 0 Å². The van der Waals surface area contributed by atoms with E-state index in [4.69, 9.17) is 29.3 Å². The van der Waals surface area contributed by atoms with Crippen molar-refractivity contribution in [3.8, 4) is 5.75 Å². The fourth-order valence-corrected chi connectivity index (χ4v) is 1.99. The number of hydrogen-bond donors (Lipinski definition) is 3. The lowest BCUT2D eigenvalue weighted by atomic mass is 10.2. The third-order valence-corrected chi connectivity index (χ3v) is 3.09. The van der Waals surface area contributed by atoms with Crippen LogP contribution in [0.25, 0.3) is 0 Å². The fourth-order valence-electron chi connectivity index (χ4n) is 1.38. The van der Waals surface area contributed by atoms with E-state index in [1.165, 1.54) is 5.56 Å². The Labute approximate surface area is 149 Å². The third kappa shape index (κ3) is 11.6. The lowest BCUT2D eigenvalue weighted by Gasteiger charge is -2.09. The van der Waals surface area contributed by atoms with Gasteiger partial charge in [0.05, 0.1) is 17.7 Å². The van der Waals surface area contributed by atoms with Gasteiger partial charge in [-0.3, -0.25) is 0 Å². The summed E-state index contributed by atoms with van der Waals surface area (Å²) in [5.41, 5.74) is 1.21. The van der Waals surface area contributed by atoms with Crippen LogP contribution >= 0.6 is 15.9 Å². The van der Waals surface area contributed by atoms with Gasteiger partial charge in [-0.05, 0) is 40.5 Å². The molecule has 0 amide bonds. The minimum atomic E-state index is -1.82. The van der Waals surface area contributed by atoms with E-state index < -0.39 is 11.9 Å². The van der Waals surface area contributed by atoms with E-state index in [2.05, 4.69) is 27.8 Å². The first-order valence-corrected chi connectivity index (χ1v) is 7.92. The molecule has 0 fully saturated rings. The standard InChI is InChI=1S/C14H20BrNO2.C2H2O4/c1-3-6-16-7-8-17-9-10-18-14-5-4-12(2)11-13(14)15;3-1(4)2(5)6/h3-5,11,16H,1,6-10H2,2H3;(H,3,4)(H,5,6). The quantitative estimate of drug-likeness (QED) is 0.329. The van der Waals surface area contributed by atoms with Gasteiger partial charge in [0.15, 0.2) is 0 Å². The van der Waals surface area contributed by atoms with Gasteiger partial charge >= 0.3 is 11.9 Å². The van der Waals surface area contributed by atoms with Crippen LogP contribution in [0, 0.1) is 6.92 Å². The number of carboxylic acids is 2. The maximum Gasteiger partial charge on any atom is 0.414 e. The van der Waals surface area contributed by atoms with Crippen LogP contribution < -0.4 is 10.1 Å². The van der Waals surface area contributed by atoms with Crippen molar-refractivity contribution in [1.29, 1.82) is 0 Å². The molecule has 0 spiro atoms. The maximum absolute atomic E-state index is 9.10. The van der Waals surface area contributed by atoms with Crippen LogP contribution in [-0.2, 0) is 14.3 Å². The molecule has 3 N–H and O–H groups in total. The second kappa shape index (κ2) is 13.5. The van der Waals surface area contributed by atoms with E-state index in [0.29, 0.717) is 19.8 Å². The minimum Gasteiger partial charge on any atom is -0.490 e. The van der Waals surface area contributed by atoms with Gasteiger partial charge in [0, 0.05) is 13.1 Å². The number of halogens is 1. The van der Waals surface area contributed by atoms with Crippen molar-refractivity contribution in [2.75, 3.05) is 32.9 Å². The molecule has 0 radical (unpaired) electrons. The van der Waals surface area contributed by atoms with Crippen molar-refractivity contribution in [2.45, 2.75) is 6.92 Å². The Morgan fingerprint density at radius 3 is 2.46 bits per heavy atom. The van der Waals surface area contributed by atoms with Gasteiger partial charge in [-0.2, -0.15) is 0 Å². The van der Waals surface area contributed by atoms with Crippen molar-refractivity contribution < 1.29 is 29.3 Å². The molecule has 1 aromatic rings. The lowest BCUT2D eigenvalue weighted by molar-refractivity contribution is -0.159. The number of hydrogen-bond acceptors (Lipinski definition) is 5.